The molecule has 2 unspecified atom stereocenters. The van der Waals surface area contributed by atoms with Crippen molar-refractivity contribution >= 4 is 38.9 Å². The first-order chi connectivity index (χ1) is 19.5. The molecule has 40 heavy (non-hydrogen) atoms. The van der Waals surface area contributed by atoms with Gasteiger partial charge in [0, 0.05) is 16.4 Å². The summed E-state index contributed by atoms with van der Waals surface area (Å²) in [6.07, 6.45) is 1.75. The maximum Gasteiger partial charge on any atom is 0.174 e. The summed E-state index contributed by atoms with van der Waals surface area (Å²) in [5.74, 6) is 2.81. The van der Waals surface area contributed by atoms with Crippen LogP contribution < -0.4 is 19.7 Å². The lowest BCUT2D eigenvalue weighted by atomic mass is 10.0. The van der Waals surface area contributed by atoms with Gasteiger partial charge in [0.2, 0.25) is 0 Å². The number of pyridine rings is 1. The first-order valence-corrected chi connectivity index (χ1v) is 13.7. The van der Waals surface area contributed by atoms with Crippen molar-refractivity contribution in [2.45, 2.75) is 12.1 Å². The number of nitrogens with zero attached hydrogens (tertiary/aromatic N) is 2. The molecule has 5 aromatic rings. The highest BCUT2D eigenvalue weighted by atomic mass is 79.9. The van der Waals surface area contributed by atoms with Crippen molar-refractivity contribution in [3.63, 3.8) is 0 Å². The van der Waals surface area contributed by atoms with Crippen molar-refractivity contribution in [1.82, 2.24) is 10.3 Å². The number of rotatable bonds is 7. The molecule has 0 spiro atoms. The molecule has 9 heteroatoms. The van der Waals surface area contributed by atoms with Crippen LogP contribution in [0.15, 0.2) is 112 Å². The number of nitrogens with one attached hydrogen (secondary N) is 1. The van der Waals surface area contributed by atoms with Crippen LogP contribution in [0.1, 0.15) is 23.5 Å². The molecule has 1 fully saturated rings. The van der Waals surface area contributed by atoms with E-state index in [1.165, 1.54) is 6.07 Å². The number of halogens is 2. The molecule has 1 aliphatic rings. The van der Waals surface area contributed by atoms with Crippen molar-refractivity contribution in [1.29, 1.82) is 0 Å². The van der Waals surface area contributed by atoms with Gasteiger partial charge in [0.1, 0.15) is 40.6 Å². The lowest BCUT2D eigenvalue weighted by Crippen LogP contribution is -2.29. The van der Waals surface area contributed by atoms with Gasteiger partial charge in [-0.1, -0.05) is 22.0 Å². The second-order valence-electron chi connectivity index (χ2n) is 9.09. The second-order valence-corrected chi connectivity index (χ2v) is 10.4. The van der Waals surface area contributed by atoms with Gasteiger partial charge in [-0.25, -0.2) is 4.39 Å². The Morgan fingerprint density at radius 2 is 1.65 bits per heavy atom. The lowest BCUT2D eigenvalue weighted by Gasteiger charge is -2.26. The molecule has 1 N–H and O–H groups in total. The summed E-state index contributed by atoms with van der Waals surface area (Å²) in [5, 5.41) is 3.94. The van der Waals surface area contributed by atoms with E-state index in [0.29, 0.717) is 38.2 Å². The molecule has 0 aliphatic carbocycles. The summed E-state index contributed by atoms with van der Waals surface area (Å²) in [6, 6.07) is 28.7. The molecular weight excluding hydrogens is 593 g/mol. The molecule has 0 radical (unpaired) electrons. The maximum absolute atomic E-state index is 14.7. The van der Waals surface area contributed by atoms with Gasteiger partial charge in [-0.15, -0.1) is 0 Å². The molecule has 2 aromatic heterocycles. The van der Waals surface area contributed by atoms with Crippen LogP contribution in [0, 0.1) is 5.82 Å². The highest BCUT2D eigenvalue weighted by Gasteiger charge is 2.42. The zero-order valence-corrected chi connectivity index (χ0v) is 23.7. The summed E-state index contributed by atoms with van der Waals surface area (Å²) in [6.45, 7) is 0. The topological polar surface area (TPSA) is 59.8 Å². The Balaban J connectivity index is 1.33. The first-order valence-electron chi connectivity index (χ1n) is 12.5. The third-order valence-electron chi connectivity index (χ3n) is 6.62. The Morgan fingerprint density at radius 1 is 0.925 bits per heavy atom. The molecule has 3 heterocycles. The van der Waals surface area contributed by atoms with Gasteiger partial charge < -0.3 is 24.1 Å². The van der Waals surface area contributed by atoms with E-state index in [9.17, 15) is 4.39 Å². The van der Waals surface area contributed by atoms with Crippen LogP contribution in [-0.2, 0) is 0 Å². The summed E-state index contributed by atoms with van der Waals surface area (Å²) >= 11 is 9.12. The average Bonchev–Trinajstić information content (AvgIpc) is 3.59. The predicted octanol–water partition coefficient (Wildman–Crippen LogP) is 8.22. The molecule has 2 atom stereocenters. The van der Waals surface area contributed by atoms with Gasteiger partial charge in [0.05, 0.1) is 24.4 Å². The molecule has 0 bridgehead atoms. The monoisotopic (exact) mass is 615 g/mol. The quantitative estimate of drug-likeness (QED) is 0.185. The van der Waals surface area contributed by atoms with Gasteiger partial charge in [0.25, 0.3) is 0 Å². The molecule has 1 aliphatic heterocycles. The van der Waals surface area contributed by atoms with E-state index < -0.39 is 0 Å². The van der Waals surface area contributed by atoms with Crippen LogP contribution in [0.5, 0.6) is 17.2 Å². The Kier molecular flexibility index (Phi) is 7.23. The van der Waals surface area contributed by atoms with Crippen LogP contribution in [0.3, 0.4) is 0 Å². The third-order valence-corrected chi connectivity index (χ3v) is 7.43. The molecule has 1 saturated heterocycles. The number of aromatic nitrogens is 1. The smallest absolute Gasteiger partial charge is 0.174 e. The van der Waals surface area contributed by atoms with E-state index >= 15 is 0 Å². The lowest BCUT2D eigenvalue weighted by molar-refractivity contribution is 0.413. The third kappa shape index (κ3) is 5.17. The Bertz CT molecular complexity index is 1650. The van der Waals surface area contributed by atoms with Crippen molar-refractivity contribution < 1.29 is 18.3 Å². The number of benzene rings is 3. The van der Waals surface area contributed by atoms with Crippen LogP contribution in [0.2, 0.25) is 0 Å². The highest BCUT2D eigenvalue weighted by molar-refractivity contribution is 9.10. The van der Waals surface area contributed by atoms with Gasteiger partial charge in [-0.2, -0.15) is 0 Å². The van der Waals surface area contributed by atoms with E-state index in [0.717, 1.165) is 17.1 Å². The summed E-state index contributed by atoms with van der Waals surface area (Å²) in [4.78, 5) is 6.57. The minimum Gasteiger partial charge on any atom is -0.497 e. The van der Waals surface area contributed by atoms with Crippen LogP contribution in [-0.4, -0.2) is 17.2 Å². The molecule has 3 aromatic carbocycles. The van der Waals surface area contributed by atoms with E-state index in [2.05, 4.69) is 26.2 Å². The van der Waals surface area contributed by atoms with Crippen molar-refractivity contribution in [2.24, 2.45) is 0 Å². The molecule has 6 rings (SSSR count). The molecule has 0 saturated carbocycles. The van der Waals surface area contributed by atoms with Crippen molar-refractivity contribution in [2.75, 3.05) is 12.0 Å². The Hall–Kier alpha value is -4.21. The zero-order chi connectivity index (χ0) is 27.6. The largest absolute Gasteiger partial charge is 0.497 e. The second kappa shape index (κ2) is 11.1. The zero-order valence-electron chi connectivity index (χ0n) is 21.3. The predicted molar refractivity (Wildman–Crippen MR) is 159 cm³/mol. The van der Waals surface area contributed by atoms with Gasteiger partial charge in [0.15, 0.2) is 5.11 Å². The molecule has 6 nitrogen and oxygen atoms in total. The number of furan rings is 1. The minimum atomic E-state index is -0.374. The van der Waals surface area contributed by atoms with Crippen LogP contribution >= 0.6 is 28.1 Å². The molecular formula is C31H23BrFN3O3S. The Morgan fingerprint density at radius 3 is 2.33 bits per heavy atom. The van der Waals surface area contributed by atoms with Gasteiger partial charge in [-0.05, 0) is 103 Å². The van der Waals surface area contributed by atoms with E-state index in [1.54, 1.807) is 31.5 Å². The summed E-state index contributed by atoms with van der Waals surface area (Å²) in [5.41, 5.74) is 2.03. The van der Waals surface area contributed by atoms with E-state index in [1.807, 2.05) is 77.7 Å². The summed E-state index contributed by atoms with van der Waals surface area (Å²) in [7, 11) is 1.63. The van der Waals surface area contributed by atoms with Gasteiger partial charge in [-0.3, -0.25) is 4.98 Å². The van der Waals surface area contributed by atoms with Crippen LogP contribution in [0.4, 0.5) is 10.1 Å². The van der Waals surface area contributed by atoms with Gasteiger partial charge >= 0.3 is 0 Å². The van der Waals surface area contributed by atoms with Crippen LogP contribution in [0.25, 0.3) is 11.3 Å². The number of ether oxygens (including phenoxy) is 2. The normalized spacial score (nSPS) is 16.6. The first kappa shape index (κ1) is 26.0. The minimum absolute atomic E-state index is 0.294. The van der Waals surface area contributed by atoms with Crippen molar-refractivity contribution in [3.8, 4) is 28.6 Å². The van der Waals surface area contributed by atoms with E-state index in [-0.39, 0.29) is 17.9 Å². The number of hydrogen-bond donors (Lipinski definition) is 1. The fourth-order valence-corrected chi connectivity index (χ4v) is 5.40. The number of anilines is 1. The fraction of sp³-hybridized carbons (Fsp3) is 0.0968. The average molecular weight is 617 g/mol. The SMILES string of the molecule is COc1ccc(Oc2ccc(N3C(=S)NC(c4ccccn4)C3c3ccc(-c4ccc(Br)cc4F)o3)cc2)cc1. The maximum atomic E-state index is 14.7. The molecule has 200 valence electrons. The number of hydrogen-bond acceptors (Lipinski definition) is 5. The number of methoxy groups -OCH3 is 1. The highest BCUT2D eigenvalue weighted by Crippen LogP contribution is 2.43. The standard InChI is InChI=1S/C31H23BrFN3O3S/c1-37-21-10-12-23(13-11-21)38-22-8-6-20(7-9-22)36-30(29(35-31(36)40)26-4-2-3-17-34-26)28-16-15-27(39-28)24-14-5-19(32)18-25(24)33/h2-18,29-30H,1H3,(H,35,40). The Labute approximate surface area is 244 Å². The van der Waals surface area contributed by atoms with E-state index in [4.69, 9.17) is 26.1 Å². The van der Waals surface area contributed by atoms with Crippen molar-refractivity contribution in [3.05, 3.63) is 125 Å². The molecule has 0 amide bonds. The summed E-state index contributed by atoms with van der Waals surface area (Å²) < 4.78 is 32.9. The fourth-order valence-electron chi connectivity index (χ4n) is 4.72. The number of thiocarbonyl (C=S) groups is 1.